The van der Waals surface area contributed by atoms with Crippen LogP contribution >= 0.6 is 34.5 Å². The van der Waals surface area contributed by atoms with Crippen LogP contribution in [0.2, 0.25) is 9.36 Å². The summed E-state index contributed by atoms with van der Waals surface area (Å²) in [6, 6.07) is 3.13. The van der Waals surface area contributed by atoms with E-state index in [-0.39, 0.29) is 11.6 Å². The highest BCUT2D eigenvalue weighted by molar-refractivity contribution is 7.19. The van der Waals surface area contributed by atoms with Crippen molar-refractivity contribution in [2.45, 2.75) is 0 Å². The van der Waals surface area contributed by atoms with Crippen molar-refractivity contribution < 1.29 is 4.79 Å². The monoisotopic (exact) mass is 273 g/mol. The standard InChI is InChI=1S/C9H5Cl2N3OS/c10-5-1-2-6(12-3-5)8(15)14-9-13-4-7(11)16-9/h1-4H,(H,13,14,15). The van der Waals surface area contributed by atoms with Crippen LogP contribution in [0, 0.1) is 0 Å². The molecule has 2 rings (SSSR count). The molecule has 0 atom stereocenters. The predicted molar refractivity (Wildman–Crippen MR) is 64.3 cm³/mol. The van der Waals surface area contributed by atoms with Gasteiger partial charge in [-0.1, -0.05) is 34.5 Å². The second-order valence-corrected chi connectivity index (χ2v) is 4.88. The molecule has 0 radical (unpaired) electrons. The third-order valence-corrected chi connectivity index (χ3v) is 2.91. The normalized spacial score (nSPS) is 10.1. The van der Waals surface area contributed by atoms with Gasteiger partial charge in [0.1, 0.15) is 10.0 Å². The molecule has 0 saturated carbocycles. The van der Waals surface area contributed by atoms with Crippen molar-refractivity contribution in [3.8, 4) is 0 Å². The Morgan fingerprint density at radius 2 is 2.06 bits per heavy atom. The van der Waals surface area contributed by atoms with Gasteiger partial charge < -0.3 is 0 Å². The first kappa shape index (κ1) is 11.3. The number of amides is 1. The molecule has 0 bridgehead atoms. The van der Waals surface area contributed by atoms with Gasteiger partial charge in [-0.25, -0.2) is 9.97 Å². The fourth-order valence-electron chi connectivity index (χ4n) is 0.984. The molecule has 1 N–H and O–H groups in total. The zero-order valence-electron chi connectivity index (χ0n) is 7.78. The minimum Gasteiger partial charge on any atom is -0.296 e. The minimum absolute atomic E-state index is 0.274. The van der Waals surface area contributed by atoms with E-state index in [0.717, 1.165) is 0 Å². The molecular formula is C9H5Cl2N3OS. The maximum absolute atomic E-state index is 11.6. The highest BCUT2D eigenvalue weighted by atomic mass is 35.5. The molecule has 0 aliphatic carbocycles. The van der Waals surface area contributed by atoms with Gasteiger partial charge in [-0.15, -0.1) is 0 Å². The van der Waals surface area contributed by atoms with Crippen molar-refractivity contribution in [2.24, 2.45) is 0 Å². The average molecular weight is 274 g/mol. The Labute approximate surface area is 105 Å². The Morgan fingerprint density at radius 3 is 2.62 bits per heavy atom. The average Bonchev–Trinajstić information content (AvgIpc) is 2.65. The number of nitrogens with zero attached hydrogens (tertiary/aromatic N) is 2. The van der Waals surface area contributed by atoms with Gasteiger partial charge in [0, 0.05) is 6.20 Å². The number of carbonyl (C=O) groups excluding carboxylic acids is 1. The zero-order chi connectivity index (χ0) is 11.5. The van der Waals surface area contributed by atoms with E-state index >= 15 is 0 Å². The third-order valence-electron chi connectivity index (χ3n) is 1.66. The number of carbonyl (C=O) groups is 1. The zero-order valence-corrected chi connectivity index (χ0v) is 10.1. The molecule has 7 heteroatoms. The number of thiazole rings is 1. The number of nitrogens with one attached hydrogen (secondary N) is 1. The van der Waals surface area contributed by atoms with Crippen LogP contribution < -0.4 is 5.32 Å². The molecule has 0 unspecified atom stereocenters. The van der Waals surface area contributed by atoms with Crippen molar-refractivity contribution in [3.05, 3.63) is 39.6 Å². The van der Waals surface area contributed by atoms with E-state index in [9.17, 15) is 4.79 Å². The van der Waals surface area contributed by atoms with Gasteiger partial charge in [0.25, 0.3) is 5.91 Å². The van der Waals surface area contributed by atoms with E-state index in [2.05, 4.69) is 15.3 Å². The quantitative estimate of drug-likeness (QED) is 0.915. The number of rotatable bonds is 2. The maximum atomic E-state index is 11.6. The van der Waals surface area contributed by atoms with Gasteiger partial charge in [0.15, 0.2) is 5.13 Å². The molecule has 2 heterocycles. The largest absolute Gasteiger partial charge is 0.296 e. The minimum atomic E-state index is -0.345. The Balaban J connectivity index is 2.11. The van der Waals surface area contributed by atoms with Gasteiger partial charge >= 0.3 is 0 Å². The van der Waals surface area contributed by atoms with Crippen LogP contribution in [0.25, 0.3) is 0 Å². The summed E-state index contributed by atoms with van der Waals surface area (Å²) in [7, 11) is 0. The molecule has 2 aromatic heterocycles. The topological polar surface area (TPSA) is 54.9 Å². The van der Waals surface area contributed by atoms with Crippen molar-refractivity contribution in [2.75, 3.05) is 5.32 Å². The molecule has 0 aliphatic heterocycles. The van der Waals surface area contributed by atoms with Crippen LogP contribution in [0.1, 0.15) is 10.5 Å². The van der Waals surface area contributed by atoms with Crippen molar-refractivity contribution >= 4 is 45.6 Å². The summed E-state index contributed by atoms with van der Waals surface area (Å²) in [6.07, 6.45) is 2.88. The lowest BCUT2D eigenvalue weighted by atomic mass is 10.3. The lowest BCUT2D eigenvalue weighted by Crippen LogP contribution is -2.13. The lowest BCUT2D eigenvalue weighted by Gasteiger charge is -2.00. The predicted octanol–water partition coefficient (Wildman–Crippen LogP) is 3.10. The molecular weight excluding hydrogens is 269 g/mol. The summed E-state index contributed by atoms with van der Waals surface area (Å²) in [6.45, 7) is 0. The van der Waals surface area contributed by atoms with Crippen LogP contribution in [-0.2, 0) is 0 Å². The number of hydrogen-bond acceptors (Lipinski definition) is 4. The Kier molecular flexibility index (Phi) is 3.38. The number of pyridine rings is 1. The van der Waals surface area contributed by atoms with Crippen molar-refractivity contribution in [1.82, 2.24) is 9.97 Å². The van der Waals surface area contributed by atoms with Crippen LogP contribution in [0.15, 0.2) is 24.5 Å². The molecule has 82 valence electrons. The molecule has 0 saturated heterocycles. The summed E-state index contributed by atoms with van der Waals surface area (Å²) < 4.78 is 0.513. The van der Waals surface area contributed by atoms with E-state index in [0.29, 0.717) is 14.5 Å². The summed E-state index contributed by atoms with van der Waals surface area (Å²) in [5.74, 6) is -0.345. The maximum Gasteiger partial charge on any atom is 0.276 e. The first-order chi connectivity index (χ1) is 7.65. The first-order valence-electron chi connectivity index (χ1n) is 4.19. The molecule has 0 aromatic carbocycles. The Bertz CT molecular complexity index is 512. The van der Waals surface area contributed by atoms with Crippen LogP contribution in [0.5, 0.6) is 0 Å². The molecule has 0 spiro atoms. The number of halogens is 2. The van der Waals surface area contributed by atoms with E-state index in [1.165, 1.54) is 29.8 Å². The number of hydrogen-bond donors (Lipinski definition) is 1. The first-order valence-corrected chi connectivity index (χ1v) is 5.76. The number of aromatic nitrogens is 2. The molecule has 16 heavy (non-hydrogen) atoms. The van der Waals surface area contributed by atoms with Crippen LogP contribution in [-0.4, -0.2) is 15.9 Å². The Morgan fingerprint density at radius 1 is 1.25 bits per heavy atom. The summed E-state index contributed by atoms with van der Waals surface area (Å²) in [5.41, 5.74) is 0.274. The Hall–Kier alpha value is -1.17. The smallest absolute Gasteiger partial charge is 0.276 e. The van der Waals surface area contributed by atoms with Crippen LogP contribution in [0.4, 0.5) is 5.13 Å². The molecule has 0 aliphatic rings. The SMILES string of the molecule is O=C(Nc1ncc(Cl)s1)c1ccc(Cl)cn1. The van der Waals surface area contributed by atoms with Crippen molar-refractivity contribution in [3.63, 3.8) is 0 Å². The third kappa shape index (κ3) is 2.69. The van der Waals surface area contributed by atoms with E-state index < -0.39 is 0 Å². The summed E-state index contributed by atoms with van der Waals surface area (Å²) in [5, 5.41) is 3.49. The van der Waals surface area contributed by atoms with Gasteiger partial charge in [0.2, 0.25) is 0 Å². The van der Waals surface area contributed by atoms with Crippen LogP contribution in [0.3, 0.4) is 0 Å². The van der Waals surface area contributed by atoms with E-state index in [1.54, 1.807) is 6.07 Å². The second-order valence-electron chi connectivity index (χ2n) is 2.79. The van der Waals surface area contributed by atoms with Gasteiger partial charge in [-0.05, 0) is 12.1 Å². The van der Waals surface area contributed by atoms with E-state index in [4.69, 9.17) is 23.2 Å². The van der Waals surface area contributed by atoms with E-state index in [1.807, 2.05) is 0 Å². The highest BCUT2D eigenvalue weighted by Crippen LogP contribution is 2.22. The van der Waals surface area contributed by atoms with Crippen molar-refractivity contribution in [1.29, 1.82) is 0 Å². The van der Waals surface area contributed by atoms with Gasteiger partial charge in [-0.3, -0.25) is 10.1 Å². The summed E-state index contributed by atoms with van der Waals surface area (Å²) in [4.78, 5) is 19.4. The fourth-order valence-corrected chi connectivity index (χ4v) is 1.90. The highest BCUT2D eigenvalue weighted by Gasteiger charge is 2.09. The fraction of sp³-hybridized carbons (Fsp3) is 0. The summed E-state index contributed by atoms with van der Waals surface area (Å²) >= 11 is 12.5. The number of anilines is 1. The lowest BCUT2D eigenvalue weighted by molar-refractivity contribution is 0.102. The van der Waals surface area contributed by atoms with Gasteiger partial charge in [-0.2, -0.15) is 0 Å². The molecule has 1 amide bonds. The molecule has 2 aromatic rings. The second kappa shape index (κ2) is 4.78. The molecule has 4 nitrogen and oxygen atoms in total. The molecule has 0 fully saturated rings. The van der Waals surface area contributed by atoms with Gasteiger partial charge in [0.05, 0.1) is 11.2 Å².